The summed E-state index contributed by atoms with van der Waals surface area (Å²) in [5.74, 6) is -12.4. The molecule has 0 radical (unpaired) electrons. The SMILES string of the molecule is FC(F)=C(Br)C(F)(F)C(F)(F)C(F)C(F)(F)F. The minimum atomic E-state index is -6.37. The van der Waals surface area contributed by atoms with Gasteiger partial charge in [0.25, 0.3) is 12.3 Å². The van der Waals surface area contributed by atoms with Gasteiger partial charge in [-0.05, 0) is 15.9 Å². The second-order valence-electron chi connectivity index (χ2n) is 2.68. The number of halogens is 11. The van der Waals surface area contributed by atoms with Crippen molar-refractivity contribution < 1.29 is 43.9 Å². The fourth-order valence-electron chi connectivity index (χ4n) is 0.630. The predicted molar refractivity (Wildman–Crippen MR) is 39.0 cm³/mol. The van der Waals surface area contributed by atoms with Crippen LogP contribution in [0.4, 0.5) is 43.9 Å². The standard InChI is InChI=1S/C6HBrF10/c7-1(2(8)9)4(11,12)5(13,14)3(10)6(15,16)17/h3H. The fourth-order valence-corrected chi connectivity index (χ4v) is 0.894. The molecule has 0 amide bonds. The van der Waals surface area contributed by atoms with Crippen molar-refractivity contribution in [1.29, 1.82) is 0 Å². The lowest BCUT2D eigenvalue weighted by Gasteiger charge is -2.29. The third kappa shape index (κ3) is 3.05. The lowest BCUT2D eigenvalue weighted by atomic mass is 10.1. The zero-order valence-corrected chi connectivity index (χ0v) is 8.82. The van der Waals surface area contributed by atoms with E-state index < -0.39 is 34.8 Å². The van der Waals surface area contributed by atoms with Gasteiger partial charge in [0, 0.05) is 0 Å². The lowest BCUT2D eigenvalue weighted by Crippen LogP contribution is -2.53. The Morgan fingerprint density at radius 2 is 1.24 bits per heavy atom. The summed E-state index contributed by atoms with van der Waals surface area (Å²) in [5.41, 5.74) is 0. The smallest absolute Gasteiger partial charge is 0.230 e. The van der Waals surface area contributed by atoms with Crippen LogP contribution in [0.3, 0.4) is 0 Å². The van der Waals surface area contributed by atoms with Gasteiger partial charge in [-0.2, -0.15) is 39.5 Å². The molecular weight excluding hydrogens is 342 g/mol. The monoisotopic (exact) mass is 342 g/mol. The third-order valence-corrected chi connectivity index (χ3v) is 2.26. The molecule has 11 heteroatoms. The maximum atomic E-state index is 12.6. The molecule has 17 heavy (non-hydrogen) atoms. The van der Waals surface area contributed by atoms with Crippen molar-refractivity contribution in [2.45, 2.75) is 24.2 Å². The predicted octanol–water partition coefficient (Wildman–Crippen LogP) is 4.66. The molecule has 0 saturated carbocycles. The van der Waals surface area contributed by atoms with Crippen molar-refractivity contribution in [3.8, 4) is 0 Å². The number of rotatable bonds is 3. The summed E-state index contributed by atoms with van der Waals surface area (Å²) in [4.78, 5) is 0. The molecule has 0 aromatic carbocycles. The van der Waals surface area contributed by atoms with E-state index in [0.717, 1.165) is 0 Å². The molecule has 0 aromatic heterocycles. The summed E-state index contributed by atoms with van der Waals surface area (Å²) < 4.78 is 117. The van der Waals surface area contributed by atoms with Gasteiger partial charge < -0.3 is 0 Å². The summed E-state index contributed by atoms with van der Waals surface area (Å²) in [6.07, 6.45) is -15.0. The van der Waals surface area contributed by atoms with E-state index >= 15 is 0 Å². The molecule has 0 aliphatic rings. The molecule has 0 heterocycles. The average Bonchev–Trinajstić information content (AvgIpc) is 2.13. The fraction of sp³-hybridized carbons (Fsp3) is 0.667. The Labute approximate surface area is 95.4 Å². The van der Waals surface area contributed by atoms with Crippen LogP contribution in [0.2, 0.25) is 0 Å². The molecule has 0 aliphatic heterocycles. The third-order valence-electron chi connectivity index (χ3n) is 1.47. The largest absolute Gasteiger partial charge is 0.425 e. The van der Waals surface area contributed by atoms with E-state index in [4.69, 9.17) is 0 Å². The van der Waals surface area contributed by atoms with Gasteiger partial charge >= 0.3 is 18.0 Å². The van der Waals surface area contributed by atoms with Crippen molar-refractivity contribution >= 4 is 15.9 Å². The number of hydrogen-bond donors (Lipinski definition) is 0. The van der Waals surface area contributed by atoms with Crippen LogP contribution >= 0.6 is 15.9 Å². The Morgan fingerprint density at radius 1 is 0.882 bits per heavy atom. The number of hydrogen-bond acceptors (Lipinski definition) is 0. The Kier molecular flexibility index (Phi) is 4.52. The normalized spacial score (nSPS) is 15.7. The van der Waals surface area contributed by atoms with Gasteiger partial charge in [-0.1, -0.05) is 0 Å². The Morgan fingerprint density at radius 3 is 1.47 bits per heavy atom. The molecule has 0 bridgehead atoms. The first-order valence-electron chi connectivity index (χ1n) is 3.44. The van der Waals surface area contributed by atoms with Gasteiger partial charge in [0.05, 0.1) is 0 Å². The highest BCUT2D eigenvalue weighted by molar-refractivity contribution is 9.11. The summed E-state index contributed by atoms with van der Waals surface area (Å²) in [6.45, 7) is 0. The molecule has 0 aliphatic carbocycles. The minimum Gasteiger partial charge on any atom is -0.230 e. The van der Waals surface area contributed by atoms with Crippen LogP contribution in [0.1, 0.15) is 0 Å². The molecule has 0 aromatic rings. The summed E-state index contributed by atoms with van der Waals surface area (Å²) >= 11 is 1.30. The zero-order valence-electron chi connectivity index (χ0n) is 7.23. The van der Waals surface area contributed by atoms with Crippen LogP contribution in [-0.4, -0.2) is 24.2 Å². The molecule has 0 fully saturated rings. The molecule has 1 atom stereocenters. The first-order valence-corrected chi connectivity index (χ1v) is 4.23. The van der Waals surface area contributed by atoms with Crippen molar-refractivity contribution in [3.63, 3.8) is 0 Å². The Hall–Kier alpha value is -0.480. The van der Waals surface area contributed by atoms with E-state index in [1.807, 2.05) is 0 Å². The second-order valence-corrected chi connectivity index (χ2v) is 3.47. The topological polar surface area (TPSA) is 0 Å². The van der Waals surface area contributed by atoms with Gasteiger partial charge in [0.15, 0.2) is 0 Å². The van der Waals surface area contributed by atoms with Gasteiger partial charge in [-0.15, -0.1) is 0 Å². The molecule has 0 rings (SSSR count). The molecule has 1 unspecified atom stereocenters. The van der Waals surface area contributed by atoms with Crippen molar-refractivity contribution in [2.24, 2.45) is 0 Å². The van der Waals surface area contributed by atoms with E-state index in [2.05, 4.69) is 0 Å². The van der Waals surface area contributed by atoms with E-state index in [-0.39, 0.29) is 0 Å². The highest BCUT2D eigenvalue weighted by Crippen LogP contribution is 2.50. The van der Waals surface area contributed by atoms with E-state index in [1.165, 1.54) is 15.9 Å². The van der Waals surface area contributed by atoms with Crippen LogP contribution in [-0.2, 0) is 0 Å². The molecule has 0 N–H and O–H groups in total. The van der Waals surface area contributed by atoms with Gasteiger partial charge in [0.2, 0.25) is 0 Å². The van der Waals surface area contributed by atoms with Crippen LogP contribution in [0, 0.1) is 0 Å². The van der Waals surface area contributed by atoms with Crippen molar-refractivity contribution in [1.82, 2.24) is 0 Å². The first-order chi connectivity index (χ1) is 7.26. The van der Waals surface area contributed by atoms with E-state index in [1.54, 1.807) is 0 Å². The number of allylic oxidation sites excluding steroid dienone is 1. The van der Waals surface area contributed by atoms with E-state index in [0.29, 0.717) is 0 Å². The van der Waals surface area contributed by atoms with Gasteiger partial charge in [0.1, 0.15) is 4.48 Å². The molecule has 102 valence electrons. The second kappa shape index (κ2) is 4.65. The van der Waals surface area contributed by atoms with Crippen LogP contribution in [0.5, 0.6) is 0 Å². The molecular formula is C6HBrF10. The van der Waals surface area contributed by atoms with Crippen molar-refractivity contribution in [2.75, 3.05) is 0 Å². The maximum absolute atomic E-state index is 12.6. The summed E-state index contributed by atoms with van der Waals surface area (Å²) in [6, 6.07) is 0. The summed E-state index contributed by atoms with van der Waals surface area (Å²) in [5, 5.41) is 0. The molecule has 0 spiro atoms. The quantitative estimate of drug-likeness (QED) is 0.654. The van der Waals surface area contributed by atoms with Crippen LogP contribution in [0.15, 0.2) is 10.6 Å². The Bertz CT molecular complexity index is 311. The maximum Gasteiger partial charge on any atom is 0.425 e. The highest BCUT2D eigenvalue weighted by atomic mass is 79.9. The number of alkyl halides is 8. The molecule has 0 saturated heterocycles. The van der Waals surface area contributed by atoms with Crippen LogP contribution < -0.4 is 0 Å². The minimum absolute atomic E-state index is 1.30. The van der Waals surface area contributed by atoms with E-state index in [9.17, 15) is 43.9 Å². The average molecular weight is 343 g/mol. The van der Waals surface area contributed by atoms with Crippen molar-refractivity contribution in [3.05, 3.63) is 10.6 Å². The van der Waals surface area contributed by atoms with Crippen LogP contribution in [0.25, 0.3) is 0 Å². The highest BCUT2D eigenvalue weighted by Gasteiger charge is 2.71. The molecule has 0 nitrogen and oxygen atoms in total. The first kappa shape index (κ1) is 16.5. The van der Waals surface area contributed by atoms with Gasteiger partial charge in [-0.3, -0.25) is 0 Å². The lowest BCUT2D eigenvalue weighted by molar-refractivity contribution is -0.294. The Balaban J connectivity index is 5.54. The zero-order chi connectivity index (χ0) is 14.2. The summed E-state index contributed by atoms with van der Waals surface area (Å²) in [7, 11) is 0. The van der Waals surface area contributed by atoms with Gasteiger partial charge in [-0.25, -0.2) is 4.39 Å².